The van der Waals surface area contributed by atoms with Crippen LogP contribution >= 0.6 is 0 Å². The van der Waals surface area contributed by atoms with Crippen LogP contribution in [0.3, 0.4) is 0 Å². The molecule has 0 aromatic heterocycles. The molecule has 0 unspecified atom stereocenters. The van der Waals surface area contributed by atoms with Crippen molar-refractivity contribution in [3.8, 4) is 11.1 Å². The van der Waals surface area contributed by atoms with Crippen LogP contribution in [0.4, 0.5) is 4.39 Å². The van der Waals surface area contributed by atoms with E-state index in [9.17, 15) is 14.0 Å². The number of carbonyl (C=O) groups excluding carboxylic acids is 2. The third-order valence-corrected chi connectivity index (χ3v) is 4.32. The highest BCUT2D eigenvalue weighted by Gasteiger charge is 2.22. The zero-order valence-corrected chi connectivity index (χ0v) is 13.5. The van der Waals surface area contributed by atoms with Crippen LogP contribution in [-0.4, -0.2) is 48.3 Å². The fourth-order valence-corrected chi connectivity index (χ4v) is 2.76. The molecule has 1 saturated heterocycles. The Morgan fingerprint density at radius 2 is 1.50 bits per heavy atom. The van der Waals surface area contributed by atoms with Crippen LogP contribution in [0.15, 0.2) is 48.5 Å². The van der Waals surface area contributed by atoms with Gasteiger partial charge in [-0.3, -0.25) is 9.59 Å². The molecule has 4 nitrogen and oxygen atoms in total. The predicted molar refractivity (Wildman–Crippen MR) is 90.0 cm³/mol. The quantitative estimate of drug-likeness (QED) is 0.851. The van der Waals surface area contributed by atoms with Crippen molar-refractivity contribution < 1.29 is 14.0 Å². The number of benzene rings is 2. The Balaban J connectivity index is 1.74. The van der Waals surface area contributed by atoms with Crippen LogP contribution in [0, 0.1) is 5.82 Å². The Kier molecular flexibility index (Phi) is 4.60. The molecule has 0 bridgehead atoms. The molecule has 3 rings (SSSR count). The molecule has 0 atom stereocenters. The van der Waals surface area contributed by atoms with E-state index in [1.165, 1.54) is 12.1 Å². The topological polar surface area (TPSA) is 40.6 Å². The SMILES string of the molecule is CN1CCN(C(=O)c2ccc(-c3ccc(F)cc3)cc2)CCC1=O. The van der Waals surface area contributed by atoms with E-state index < -0.39 is 0 Å². The first-order valence-electron chi connectivity index (χ1n) is 7.94. The summed E-state index contributed by atoms with van der Waals surface area (Å²) < 4.78 is 13.0. The number of nitrogens with zero attached hydrogens (tertiary/aromatic N) is 2. The number of hydrogen-bond donors (Lipinski definition) is 0. The van der Waals surface area contributed by atoms with Gasteiger partial charge in [-0.15, -0.1) is 0 Å². The maximum Gasteiger partial charge on any atom is 0.253 e. The zero-order valence-electron chi connectivity index (χ0n) is 13.5. The van der Waals surface area contributed by atoms with Crippen molar-refractivity contribution in [2.45, 2.75) is 6.42 Å². The van der Waals surface area contributed by atoms with Crippen molar-refractivity contribution in [3.63, 3.8) is 0 Å². The number of carbonyl (C=O) groups is 2. The first kappa shape index (κ1) is 16.2. The third kappa shape index (κ3) is 3.45. The Bertz CT molecular complexity index is 741. The lowest BCUT2D eigenvalue weighted by Gasteiger charge is -2.20. The fraction of sp³-hybridized carbons (Fsp3) is 0.263. The molecule has 1 aliphatic rings. The number of hydrogen-bond acceptors (Lipinski definition) is 2. The summed E-state index contributed by atoms with van der Waals surface area (Å²) in [5.74, 6) is -0.271. The highest BCUT2D eigenvalue weighted by Crippen LogP contribution is 2.21. The lowest BCUT2D eigenvalue weighted by molar-refractivity contribution is -0.129. The lowest BCUT2D eigenvalue weighted by atomic mass is 10.0. The highest BCUT2D eigenvalue weighted by atomic mass is 19.1. The molecule has 0 saturated carbocycles. The normalized spacial score (nSPS) is 15.3. The van der Waals surface area contributed by atoms with Gasteiger partial charge in [0.1, 0.15) is 5.82 Å². The molecule has 0 radical (unpaired) electrons. The largest absolute Gasteiger partial charge is 0.344 e. The van der Waals surface area contributed by atoms with Gasteiger partial charge in [0.15, 0.2) is 0 Å². The minimum atomic E-state index is -0.272. The second kappa shape index (κ2) is 6.83. The van der Waals surface area contributed by atoms with Crippen LogP contribution < -0.4 is 0 Å². The third-order valence-electron chi connectivity index (χ3n) is 4.32. The summed E-state index contributed by atoms with van der Waals surface area (Å²) in [7, 11) is 1.76. The average molecular weight is 326 g/mol. The van der Waals surface area contributed by atoms with Gasteiger partial charge in [-0.25, -0.2) is 4.39 Å². The molecular formula is C19H19FN2O2. The average Bonchev–Trinajstić information content (AvgIpc) is 2.77. The van der Waals surface area contributed by atoms with E-state index in [0.29, 0.717) is 31.6 Å². The lowest BCUT2D eigenvalue weighted by Crippen LogP contribution is -2.34. The molecule has 24 heavy (non-hydrogen) atoms. The Labute approximate surface area is 140 Å². The van der Waals surface area contributed by atoms with Crippen LogP contribution in [-0.2, 0) is 4.79 Å². The first-order chi connectivity index (χ1) is 11.5. The number of halogens is 1. The second-order valence-corrected chi connectivity index (χ2v) is 5.94. The summed E-state index contributed by atoms with van der Waals surface area (Å²) >= 11 is 0. The molecule has 2 aromatic carbocycles. The summed E-state index contributed by atoms with van der Waals surface area (Å²) in [6.45, 7) is 1.54. The van der Waals surface area contributed by atoms with Crippen molar-refractivity contribution in [3.05, 3.63) is 59.9 Å². The molecule has 0 spiro atoms. The highest BCUT2D eigenvalue weighted by molar-refractivity contribution is 5.95. The minimum Gasteiger partial charge on any atom is -0.344 e. The van der Waals surface area contributed by atoms with E-state index in [1.807, 2.05) is 12.1 Å². The second-order valence-electron chi connectivity index (χ2n) is 5.94. The Hall–Kier alpha value is -2.69. The summed E-state index contributed by atoms with van der Waals surface area (Å²) in [5.41, 5.74) is 2.42. The summed E-state index contributed by atoms with van der Waals surface area (Å²) in [6.07, 6.45) is 0.357. The monoisotopic (exact) mass is 326 g/mol. The molecular weight excluding hydrogens is 307 g/mol. The number of rotatable bonds is 2. The summed E-state index contributed by atoms with van der Waals surface area (Å²) in [5, 5.41) is 0. The Morgan fingerprint density at radius 3 is 2.12 bits per heavy atom. The van der Waals surface area contributed by atoms with Gasteiger partial charge in [0.05, 0.1) is 0 Å². The van der Waals surface area contributed by atoms with Gasteiger partial charge in [-0.1, -0.05) is 24.3 Å². The van der Waals surface area contributed by atoms with Crippen LogP contribution in [0.5, 0.6) is 0 Å². The van der Waals surface area contributed by atoms with Crippen LogP contribution in [0.2, 0.25) is 0 Å². The molecule has 124 valence electrons. The summed E-state index contributed by atoms with van der Waals surface area (Å²) in [6, 6.07) is 13.5. The number of likely N-dealkylation sites (N-methyl/N-ethyl adjacent to an activating group) is 1. The smallest absolute Gasteiger partial charge is 0.253 e. The minimum absolute atomic E-state index is 0.0660. The molecule has 2 amide bonds. The molecule has 0 N–H and O–H groups in total. The molecule has 1 aliphatic heterocycles. The molecule has 2 aromatic rings. The number of amides is 2. The van der Waals surface area contributed by atoms with Gasteiger partial charge in [-0.05, 0) is 35.4 Å². The van der Waals surface area contributed by atoms with Crippen LogP contribution in [0.1, 0.15) is 16.8 Å². The van der Waals surface area contributed by atoms with Gasteiger partial charge in [-0.2, -0.15) is 0 Å². The van der Waals surface area contributed by atoms with Crippen molar-refractivity contribution in [2.75, 3.05) is 26.7 Å². The van der Waals surface area contributed by atoms with Gasteiger partial charge in [0.2, 0.25) is 5.91 Å². The molecule has 1 fully saturated rings. The fourth-order valence-electron chi connectivity index (χ4n) is 2.76. The van der Waals surface area contributed by atoms with Crippen molar-refractivity contribution >= 4 is 11.8 Å². The Morgan fingerprint density at radius 1 is 0.917 bits per heavy atom. The zero-order chi connectivity index (χ0) is 17.1. The standard InChI is InChI=1S/C19H19FN2O2/c1-21-12-13-22(11-10-18(21)23)19(24)16-4-2-14(3-5-16)15-6-8-17(20)9-7-15/h2-9H,10-13H2,1H3. The van der Waals surface area contributed by atoms with Gasteiger partial charge in [0.25, 0.3) is 5.91 Å². The summed E-state index contributed by atoms with van der Waals surface area (Å²) in [4.78, 5) is 27.7. The maximum absolute atomic E-state index is 13.0. The maximum atomic E-state index is 13.0. The van der Waals surface area contributed by atoms with E-state index in [0.717, 1.165) is 11.1 Å². The molecule has 0 aliphatic carbocycles. The van der Waals surface area contributed by atoms with Crippen molar-refractivity contribution in [2.24, 2.45) is 0 Å². The van der Waals surface area contributed by atoms with Gasteiger partial charge in [0, 0.05) is 38.7 Å². The predicted octanol–water partition coefficient (Wildman–Crippen LogP) is 2.80. The molecule has 1 heterocycles. The van der Waals surface area contributed by atoms with Crippen molar-refractivity contribution in [1.29, 1.82) is 0 Å². The van der Waals surface area contributed by atoms with E-state index >= 15 is 0 Å². The molecule has 5 heteroatoms. The van der Waals surface area contributed by atoms with E-state index in [4.69, 9.17) is 0 Å². The van der Waals surface area contributed by atoms with E-state index in [1.54, 1.807) is 41.1 Å². The van der Waals surface area contributed by atoms with E-state index in [2.05, 4.69) is 0 Å². The van der Waals surface area contributed by atoms with Crippen molar-refractivity contribution in [1.82, 2.24) is 9.80 Å². The van der Waals surface area contributed by atoms with E-state index in [-0.39, 0.29) is 17.6 Å². The van der Waals surface area contributed by atoms with Crippen LogP contribution in [0.25, 0.3) is 11.1 Å². The van der Waals surface area contributed by atoms with Gasteiger partial charge >= 0.3 is 0 Å². The van der Waals surface area contributed by atoms with Gasteiger partial charge < -0.3 is 9.80 Å². The first-order valence-corrected chi connectivity index (χ1v) is 7.94.